The van der Waals surface area contributed by atoms with Gasteiger partial charge in [-0.15, -0.1) is 0 Å². The zero-order chi connectivity index (χ0) is 10.5. The minimum Gasteiger partial charge on any atom is -0.372 e. The molecule has 1 aliphatic carbocycles. The van der Waals surface area contributed by atoms with Crippen molar-refractivity contribution in [1.82, 2.24) is 9.97 Å². The van der Waals surface area contributed by atoms with Crippen LogP contribution in [0.5, 0.6) is 0 Å². The molecule has 0 aromatic carbocycles. The molecule has 0 radical (unpaired) electrons. The van der Waals surface area contributed by atoms with Gasteiger partial charge in [0, 0.05) is 13.6 Å². The molecule has 82 valence electrons. The molecule has 0 bridgehead atoms. The highest BCUT2D eigenvalue weighted by atomic mass is 15.1. The second kappa shape index (κ2) is 4.96. The number of nitrogens with one attached hydrogen (secondary N) is 2. The molecular formula is C11H18N4. The Labute approximate surface area is 90.5 Å². The fraction of sp³-hybridized carbons (Fsp3) is 0.636. The molecule has 1 saturated carbocycles. The molecule has 1 aromatic rings. The smallest absolute Gasteiger partial charge is 0.146 e. The van der Waals surface area contributed by atoms with Crippen molar-refractivity contribution < 1.29 is 0 Å². The van der Waals surface area contributed by atoms with Crippen LogP contribution in [0, 0.1) is 5.92 Å². The highest BCUT2D eigenvalue weighted by Crippen LogP contribution is 2.33. The Bertz CT molecular complexity index is 309. The molecule has 0 spiro atoms. The quantitative estimate of drug-likeness (QED) is 0.700. The van der Waals surface area contributed by atoms with Crippen LogP contribution in [0.15, 0.2) is 12.4 Å². The first-order valence-corrected chi connectivity index (χ1v) is 5.62. The van der Waals surface area contributed by atoms with E-state index in [0.29, 0.717) is 0 Å². The molecule has 2 N–H and O–H groups in total. The molecule has 0 aliphatic heterocycles. The Hall–Kier alpha value is -1.32. The normalized spacial score (nSPS) is 15.0. The molecule has 1 aromatic heterocycles. The first-order chi connectivity index (χ1) is 7.38. The minimum absolute atomic E-state index is 0.808. The van der Waals surface area contributed by atoms with E-state index in [1.165, 1.54) is 25.7 Å². The number of aromatic nitrogens is 2. The van der Waals surface area contributed by atoms with E-state index >= 15 is 0 Å². The summed E-state index contributed by atoms with van der Waals surface area (Å²) in [5.41, 5.74) is 0. The maximum Gasteiger partial charge on any atom is 0.146 e. The van der Waals surface area contributed by atoms with Crippen molar-refractivity contribution in [2.75, 3.05) is 24.2 Å². The van der Waals surface area contributed by atoms with E-state index in [4.69, 9.17) is 0 Å². The van der Waals surface area contributed by atoms with E-state index in [0.717, 1.165) is 24.1 Å². The largest absolute Gasteiger partial charge is 0.372 e. The van der Waals surface area contributed by atoms with Gasteiger partial charge in [0.15, 0.2) is 0 Å². The Morgan fingerprint density at radius 1 is 1.33 bits per heavy atom. The second-order valence-corrected chi connectivity index (χ2v) is 4.05. The Kier molecular flexibility index (Phi) is 3.37. The van der Waals surface area contributed by atoms with Crippen molar-refractivity contribution in [3.05, 3.63) is 12.4 Å². The van der Waals surface area contributed by atoms with Crippen molar-refractivity contribution in [2.24, 2.45) is 5.92 Å². The fourth-order valence-corrected chi connectivity index (χ4v) is 1.59. The lowest BCUT2D eigenvalue weighted by molar-refractivity contribution is 0.686. The van der Waals surface area contributed by atoms with Crippen LogP contribution in [-0.2, 0) is 0 Å². The minimum atomic E-state index is 0.808. The SMILES string of the molecule is CNc1cncc(NCCCC2CC2)n1. The van der Waals surface area contributed by atoms with E-state index in [2.05, 4.69) is 20.6 Å². The lowest BCUT2D eigenvalue weighted by Crippen LogP contribution is -2.05. The van der Waals surface area contributed by atoms with Gasteiger partial charge < -0.3 is 10.6 Å². The molecule has 0 atom stereocenters. The predicted octanol–water partition coefficient (Wildman–Crippen LogP) is 2.12. The van der Waals surface area contributed by atoms with Crippen molar-refractivity contribution in [3.63, 3.8) is 0 Å². The van der Waals surface area contributed by atoms with Crippen molar-refractivity contribution in [3.8, 4) is 0 Å². The van der Waals surface area contributed by atoms with Crippen molar-refractivity contribution >= 4 is 11.6 Å². The van der Waals surface area contributed by atoms with Crippen LogP contribution >= 0.6 is 0 Å². The monoisotopic (exact) mass is 206 g/mol. The van der Waals surface area contributed by atoms with Crippen molar-refractivity contribution in [2.45, 2.75) is 25.7 Å². The maximum atomic E-state index is 4.34. The molecule has 15 heavy (non-hydrogen) atoms. The summed E-state index contributed by atoms with van der Waals surface area (Å²) in [5.74, 6) is 2.68. The highest BCUT2D eigenvalue weighted by molar-refractivity contribution is 5.40. The van der Waals surface area contributed by atoms with Crippen LogP contribution in [0.2, 0.25) is 0 Å². The molecule has 2 rings (SSSR count). The van der Waals surface area contributed by atoms with Gasteiger partial charge in [0.1, 0.15) is 11.6 Å². The molecule has 0 unspecified atom stereocenters. The fourth-order valence-electron chi connectivity index (χ4n) is 1.59. The number of hydrogen-bond acceptors (Lipinski definition) is 4. The van der Waals surface area contributed by atoms with Gasteiger partial charge in [0.05, 0.1) is 12.4 Å². The van der Waals surface area contributed by atoms with Crippen molar-refractivity contribution in [1.29, 1.82) is 0 Å². The Balaban J connectivity index is 1.71. The molecule has 1 heterocycles. The third kappa shape index (κ3) is 3.38. The third-order valence-corrected chi connectivity index (χ3v) is 2.68. The standard InChI is InChI=1S/C11H18N4/c1-12-10-7-13-8-11(15-10)14-6-2-3-9-4-5-9/h7-9H,2-6H2,1H3,(H2,12,14,15). The van der Waals surface area contributed by atoms with Crippen LogP contribution < -0.4 is 10.6 Å². The summed E-state index contributed by atoms with van der Waals surface area (Å²) >= 11 is 0. The van der Waals surface area contributed by atoms with Gasteiger partial charge in [-0.2, -0.15) is 0 Å². The lowest BCUT2D eigenvalue weighted by atomic mass is 10.2. The highest BCUT2D eigenvalue weighted by Gasteiger charge is 2.19. The summed E-state index contributed by atoms with van der Waals surface area (Å²) in [4.78, 5) is 8.43. The van der Waals surface area contributed by atoms with Crippen LogP contribution in [0.25, 0.3) is 0 Å². The zero-order valence-electron chi connectivity index (χ0n) is 9.16. The molecule has 0 amide bonds. The summed E-state index contributed by atoms with van der Waals surface area (Å²) in [6.07, 6.45) is 8.94. The zero-order valence-corrected chi connectivity index (χ0v) is 9.16. The lowest BCUT2D eigenvalue weighted by Gasteiger charge is -2.06. The summed E-state index contributed by atoms with van der Waals surface area (Å²) in [6.45, 7) is 0.998. The second-order valence-electron chi connectivity index (χ2n) is 4.05. The molecule has 1 aliphatic rings. The average molecular weight is 206 g/mol. The summed E-state index contributed by atoms with van der Waals surface area (Å²) in [7, 11) is 1.85. The molecule has 0 saturated heterocycles. The summed E-state index contributed by atoms with van der Waals surface area (Å²) < 4.78 is 0. The maximum absolute atomic E-state index is 4.34. The number of hydrogen-bond donors (Lipinski definition) is 2. The van der Waals surface area contributed by atoms with Gasteiger partial charge in [-0.25, -0.2) is 4.98 Å². The third-order valence-electron chi connectivity index (χ3n) is 2.68. The first kappa shape index (κ1) is 10.2. The molecule has 4 nitrogen and oxygen atoms in total. The van der Waals surface area contributed by atoms with Crippen LogP contribution in [0.3, 0.4) is 0 Å². The topological polar surface area (TPSA) is 49.8 Å². The number of nitrogens with zero attached hydrogens (tertiary/aromatic N) is 2. The van der Waals surface area contributed by atoms with Crippen LogP contribution in [0.4, 0.5) is 11.6 Å². The average Bonchev–Trinajstić information content (AvgIpc) is 3.09. The predicted molar refractivity (Wildman–Crippen MR) is 62.0 cm³/mol. The molecule has 1 fully saturated rings. The number of anilines is 2. The van der Waals surface area contributed by atoms with Gasteiger partial charge in [-0.3, -0.25) is 4.98 Å². The van der Waals surface area contributed by atoms with E-state index in [1.54, 1.807) is 12.4 Å². The Morgan fingerprint density at radius 3 is 2.87 bits per heavy atom. The van der Waals surface area contributed by atoms with E-state index < -0.39 is 0 Å². The number of rotatable bonds is 6. The van der Waals surface area contributed by atoms with Gasteiger partial charge in [0.2, 0.25) is 0 Å². The van der Waals surface area contributed by atoms with Crippen LogP contribution in [-0.4, -0.2) is 23.6 Å². The molecular weight excluding hydrogens is 188 g/mol. The first-order valence-electron chi connectivity index (χ1n) is 5.62. The van der Waals surface area contributed by atoms with E-state index in [9.17, 15) is 0 Å². The molecule has 4 heteroatoms. The van der Waals surface area contributed by atoms with E-state index in [-0.39, 0.29) is 0 Å². The summed E-state index contributed by atoms with van der Waals surface area (Å²) in [5, 5.41) is 6.26. The van der Waals surface area contributed by atoms with Gasteiger partial charge in [-0.05, 0) is 18.8 Å². The van der Waals surface area contributed by atoms with Gasteiger partial charge >= 0.3 is 0 Å². The van der Waals surface area contributed by atoms with Gasteiger partial charge in [0.25, 0.3) is 0 Å². The van der Waals surface area contributed by atoms with Gasteiger partial charge in [-0.1, -0.05) is 12.8 Å². The Morgan fingerprint density at radius 2 is 2.13 bits per heavy atom. The van der Waals surface area contributed by atoms with Crippen LogP contribution in [0.1, 0.15) is 25.7 Å². The van der Waals surface area contributed by atoms with E-state index in [1.807, 2.05) is 7.05 Å². The summed E-state index contributed by atoms with van der Waals surface area (Å²) in [6, 6.07) is 0.